The number of aliphatic carboxylic acids is 2. The van der Waals surface area contributed by atoms with Gasteiger partial charge in [0.25, 0.3) is 0 Å². The van der Waals surface area contributed by atoms with Crippen LogP contribution in [0.15, 0.2) is 47.6 Å². The van der Waals surface area contributed by atoms with E-state index >= 15 is 0 Å². The number of carbonyl (C=O) groups excluding carboxylic acids is 4. The predicted octanol–water partition coefficient (Wildman–Crippen LogP) is -7.61. The molecule has 0 aromatic heterocycles. The summed E-state index contributed by atoms with van der Waals surface area (Å²) in [7, 11) is 0. The smallest absolute Gasteiger partial charge is 0.545 e. The van der Waals surface area contributed by atoms with Crippen LogP contribution in [0.25, 0.3) is 0 Å². The molecule has 0 radical (unpaired) electrons. The zero-order valence-electron chi connectivity index (χ0n) is 12.3. The van der Waals surface area contributed by atoms with Crippen LogP contribution in [0, 0.1) is 0 Å². The fourth-order valence-corrected chi connectivity index (χ4v) is 1.36. The molecule has 2 aliphatic carbocycles. The molecule has 0 unspecified atom stereocenters. The van der Waals surface area contributed by atoms with Crippen LogP contribution in [0.5, 0.6) is 0 Å². The molecule has 0 N–H and O–H groups in total. The Morgan fingerprint density at radius 2 is 1.05 bits per heavy atom. The minimum Gasteiger partial charge on any atom is -0.545 e. The third-order valence-electron chi connectivity index (χ3n) is 2.42. The molecule has 2 rings (SSSR count). The molecule has 0 heterocycles. The minimum absolute atomic E-state index is 0. The molecule has 0 amide bonds. The van der Waals surface area contributed by atoms with E-state index in [-0.39, 0.29) is 138 Å². The summed E-state index contributed by atoms with van der Waals surface area (Å²) >= 11 is 0. The topological polar surface area (TPSA) is 114 Å². The van der Waals surface area contributed by atoms with E-state index in [1.54, 1.807) is 0 Å². The summed E-state index contributed by atoms with van der Waals surface area (Å²) in [6.07, 6.45) is 8.01. The fourth-order valence-electron chi connectivity index (χ4n) is 1.36. The van der Waals surface area contributed by atoms with Gasteiger partial charge in [0.05, 0.1) is 11.9 Å². The Morgan fingerprint density at radius 1 is 0.727 bits per heavy atom. The minimum atomic E-state index is -1.23. The summed E-state index contributed by atoms with van der Waals surface area (Å²) in [5.41, 5.74) is 0.166. The van der Waals surface area contributed by atoms with E-state index in [0.29, 0.717) is 0 Å². The van der Waals surface area contributed by atoms with Crippen molar-refractivity contribution in [2.24, 2.45) is 0 Å². The van der Waals surface area contributed by atoms with Gasteiger partial charge in [-0.25, -0.2) is 0 Å². The maximum Gasteiger partial charge on any atom is 1.00 e. The standard InChI is InChI=1S/2C7H6O3.2K/c2*8-6-3-1-5(2-4-6)7(9)10;;/h2*1-3H,4H2,(H,9,10);;/q;;2*+1/p-2. The third-order valence-corrected chi connectivity index (χ3v) is 2.42. The Labute approximate surface area is 212 Å². The molecule has 8 heteroatoms. The van der Waals surface area contributed by atoms with E-state index in [1.165, 1.54) is 36.5 Å². The summed E-state index contributed by atoms with van der Waals surface area (Å²) in [5.74, 6) is -2.62. The number of carboxylic acid groups (broad SMARTS) is 2. The molecule has 22 heavy (non-hydrogen) atoms. The molecular weight excluding hydrogens is 342 g/mol. The molecule has 0 fully saturated rings. The summed E-state index contributed by atoms with van der Waals surface area (Å²) in [6, 6.07) is 0. The van der Waals surface area contributed by atoms with Crippen LogP contribution in [0.2, 0.25) is 0 Å². The average molecular weight is 352 g/mol. The largest absolute Gasteiger partial charge is 1.00 e. The monoisotopic (exact) mass is 352 g/mol. The van der Waals surface area contributed by atoms with E-state index in [1.807, 2.05) is 0 Å². The molecule has 0 aromatic carbocycles. The Balaban J connectivity index is 0. The first-order valence-electron chi connectivity index (χ1n) is 5.65. The van der Waals surface area contributed by atoms with Gasteiger partial charge in [-0.15, -0.1) is 0 Å². The third kappa shape index (κ3) is 9.61. The predicted molar refractivity (Wildman–Crippen MR) is 63.7 cm³/mol. The zero-order chi connectivity index (χ0) is 15.1. The van der Waals surface area contributed by atoms with Gasteiger partial charge in [0.15, 0.2) is 11.6 Å². The number of ketones is 2. The van der Waals surface area contributed by atoms with E-state index in [0.717, 1.165) is 0 Å². The molecule has 0 aliphatic heterocycles. The van der Waals surface area contributed by atoms with Crippen molar-refractivity contribution in [2.75, 3.05) is 0 Å². The van der Waals surface area contributed by atoms with Crippen molar-refractivity contribution in [3.05, 3.63) is 47.6 Å². The molecule has 2 aliphatic rings. The van der Waals surface area contributed by atoms with Gasteiger partial charge in [-0.1, -0.05) is 12.2 Å². The molecule has 0 spiro atoms. The van der Waals surface area contributed by atoms with Crippen molar-refractivity contribution in [2.45, 2.75) is 12.8 Å². The van der Waals surface area contributed by atoms with Crippen LogP contribution in [0.3, 0.4) is 0 Å². The normalized spacial score (nSPS) is 15.3. The summed E-state index contributed by atoms with van der Waals surface area (Å²) in [4.78, 5) is 41.2. The van der Waals surface area contributed by atoms with Crippen LogP contribution in [0.4, 0.5) is 0 Å². The number of hydrogen-bond donors (Lipinski definition) is 0. The quantitative estimate of drug-likeness (QED) is 0.456. The van der Waals surface area contributed by atoms with Crippen molar-refractivity contribution in [1.29, 1.82) is 0 Å². The van der Waals surface area contributed by atoms with E-state index in [9.17, 15) is 29.4 Å². The van der Waals surface area contributed by atoms with Gasteiger partial charge in [0.1, 0.15) is 0 Å². The van der Waals surface area contributed by atoms with E-state index in [2.05, 4.69) is 0 Å². The van der Waals surface area contributed by atoms with Crippen LogP contribution >= 0.6 is 0 Å². The molecule has 0 aromatic rings. The Morgan fingerprint density at radius 3 is 1.23 bits per heavy atom. The van der Waals surface area contributed by atoms with E-state index in [4.69, 9.17) is 0 Å². The summed E-state index contributed by atoms with van der Waals surface area (Å²) < 4.78 is 0. The van der Waals surface area contributed by atoms with Gasteiger partial charge < -0.3 is 19.8 Å². The van der Waals surface area contributed by atoms with Crippen LogP contribution < -0.4 is 113 Å². The first-order valence-corrected chi connectivity index (χ1v) is 5.65. The van der Waals surface area contributed by atoms with Crippen molar-refractivity contribution in [3.63, 3.8) is 0 Å². The second kappa shape index (κ2) is 12.9. The first kappa shape index (κ1) is 24.8. The number of carboxylic acids is 2. The first-order chi connectivity index (χ1) is 9.40. The van der Waals surface area contributed by atoms with E-state index < -0.39 is 11.9 Å². The van der Waals surface area contributed by atoms with Gasteiger partial charge >= 0.3 is 103 Å². The number of carbonyl (C=O) groups is 4. The Kier molecular flexibility index (Phi) is 14.5. The molecule has 104 valence electrons. The van der Waals surface area contributed by atoms with Crippen molar-refractivity contribution < 1.29 is 132 Å². The maximum absolute atomic E-state index is 10.5. The molecule has 0 saturated carbocycles. The Hall–Kier alpha value is 0.513. The van der Waals surface area contributed by atoms with Gasteiger partial charge in [0, 0.05) is 12.8 Å². The molecular formula is C14H10K2O6. The van der Waals surface area contributed by atoms with Crippen LogP contribution in [-0.2, 0) is 19.2 Å². The van der Waals surface area contributed by atoms with Crippen LogP contribution in [0.1, 0.15) is 12.8 Å². The number of allylic oxidation sites excluding steroid dienone is 4. The second-order valence-corrected chi connectivity index (χ2v) is 3.90. The second-order valence-electron chi connectivity index (χ2n) is 3.90. The summed E-state index contributed by atoms with van der Waals surface area (Å²) in [6.45, 7) is 0. The fraction of sp³-hybridized carbons (Fsp3) is 0.143. The SMILES string of the molecule is O=C1C=CC(C(=O)[O-])=CC1.O=C1C=CC(C(=O)[O-])=CC1.[K+].[K+]. The summed E-state index contributed by atoms with van der Waals surface area (Å²) in [5, 5.41) is 20.2. The average Bonchev–Trinajstić information content (AvgIpc) is 2.40. The van der Waals surface area contributed by atoms with Gasteiger partial charge in [-0.2, -0.15) is 0 Å². The molecule has 0 saturated heterocycles. The van der Waals surface area contributed by atoms with Gasteiger partial charge in [0.2, 0.25) is 0 Å². The van der Waals surface area contributed by atoms with Crippen molar-refractivity contribution in [3.8, 4) is 0 Å². The maximum atomic E-state index is 10.5. The van der Waals surface area contributed by atoms with Crippen molar-refractivity contribution >= 4 is 23.5 Å². The molecule has 0 atom stereocenters. The Bertz CT molecular complexity index is 532. The van der Waals surface area contributed by atoms with Gasteiger partial charge in [-0.3, -0.25) is 9.59 Å². The van der Waals surface area contributed by atoms with Gasteiger partial charge in [-0.05, 0) is 35.5 Å². The number of rotatable bonds is 2. The van der Waals surface area contributed by atoms with Crippen molar-refractivity contribution in [1.82, 2.24) is 0 Å². The zero-order valence-corrected chi connectivity index (χ0v) is 18.6. The molecule has 0 bridgehead atoms. The number of hydrogen-bond acceptors (Lipinski definition) is 6. The van der Waals surface area contributed by atoms with Crippen LogP contribution in [-0.4, -0.2) is 23.5 Å². The molecule has 6 nitrogen and oxygen atoms in total.